The van der Waals surface area contributed by atoms with Crippen molar-refractivity contribution in [1.29, 1.82) is 0 Å². The van der Waals surface area contributed by atoms with Gasteiger partial charge in [-0.25, -0.2) is 14.4 Å². The third-order valence-corrected chi connectivity index (χ3v) is 11.5. The zero-order valence-corrected chi connectivity index (χ0v) is 32.0. The smallest absolute Gasteiger partial charge is 0.265 e. The highest BCUT2D eigenvalue weighted by atomic mass is 19.1. The summed E-state index contributed by atoms with van der Waals surface area (Å²) in [7, 11) is 3.69. The number of carbonyl (C=O) groups excluding carboxylic acids is 4. The number of ether oxygens (including phenoxy) is 1. The fourth-order valence-corrected chi connectivity index (χ4v) is 8.30. The van der Waals surface area contributed by atoms with Crippen LogP contribution in [0.15, 0.2) is 36.7 Å². The van der Waals surface area contributed by atoms with Crippen molar-refractivity contribution in [3.63, 3.8) is 0 Å². The van der Waals surface area contributed by atoms with Crippen LogP contribution in [0.4, 0.5) is 27.8 Å². The quantitative estimate of drug-likeness (QED) is 0.224. The average molecular weight is 768 g/mol. The number of benzene rings is 1. The number of amides is 4. The lowest BCUT2D eigenvalue weighted by atomic mass is 10.0. The van der Waals surface area contributed by atoms with Crippen LogP contribution in [0.3, 0.4) is 0 Å². The number of nitrogens with one attached hydrogen (secondary N) is 2. The summed E-state index contributed by atoms with van der Waals surface area (Å²) in [5.74, 6) is -0.669. The van der Waals surface area contributed by atoms with Gasteiger partial charge < -0.3 is 19.9 Å². The van der Waals surface area contributed by atoms with E-state index in [0.717, 1.165) is 73.5 Å². The van der Waals surface area contributed by atoms with Gasteiger partial charge in [0, 0.05) is 82.4 Å². The summed E-state index contributed by atoms with van der Waals surface area (Å²) in [5, 5.41) is 11.5. The molecule has 17 heteroatoms. The van der Waals surface area contributed by atoms with E-state index in [1.165, 1.54) is 12.1 Å². The molecular weight excluding hydrogens is 721 g/mol. The fraction of sp³-hybridized carbons (Fsp3) is 0.487. The lowest BCUT2D eigenvalue weighted by molar-refractivity contribution is -0.136. The lowest BCUT2D eigenvalue weighted by Gasteiger charge is -2.37. The van der Waals surface area contributed by atoms with E-state index >= 15 is 4.39 Å². The molecule has 0 radical (unpaired) electrons. The number of imide groups is 2. The van der Waals surface area contributed by atoms with E-state index in [2.05, 4.69) is 44.2 Å². The van der Waals surface area contributed by atoms with Crippen LogP contribution in [0.1, 0.15) is 84.7 Å². The van der Waals surface area contributed by atoms with Crippen LogP contribution in [-0.4, -0.2) is 117 Å². The monoisotopic (exact) mass is 767 g/mol. The summed E-state index contributed by atoms with van der Waals surface area (Å²) in [4.78, 5) is 71.9. The Morgan fingerprint density at radius 3 is 2.43 bits per heavy atom. The minimum Gasteiger partial charge on any atom is -0.381 e. The molecule has 4 aliphatic heterocycles. The second-order valence-electron chi connectivity index (χ2n) is 15.3. The summed E-state index contributed by atoms with van der Waals surface area (Å²) in [6, 6.07) is 5.92. The second kappa shape index (κ2) is 15.2. The van der Waals surface area contributed by atoms with Crippen LogP contribution in [0.2, 0.25) is 0 Å². The van der Waals surface area contributed by atoms with Crippen LogP contribution < -0.4 is 20.4 Å². The normalized spacial score (nSPS) is 19.8. The molecule has 1 aromatic carbocycles. The number of halogens is 1. The molecule has 0 bridgehead atoms. The number of hydrogen-bond acceptors (Lipinski definition) is 13. The van der Waals surface area contributed by atoms with E-state index in [0.29, 0.717) is 23.1 Å². The molecule has 3 saturated heterocycles. The molecule has 1 unspecified atom stereocenters. The summed E-state index contributed by atoms with van der Waals surface area (Å²) in [5.41, 5.74) is 0.862. The Bertz CT molecular complexity index is 2190. The van der Waals surface area contributed by atoms with E-state index in [1.54, 1.807) is 13.3 Å². The SMILES string of the molecule is COC1CCN(c2nccc(Nc3cc4c(cn3)c(N3CCC(N(C)Cc5ccc6c(c5F)C(=O)N(C5CCC(=O)NC5=O)C6=O)CC3)nn4C(C)C)n2)CC1. The molecule has 16 nitrogen and oxygen atoms in total. The molecule has 0 saturated carbocycles. The van der Waals surface area contributed by atoms with Crippen molar-refractivity contribution in [1.82, 2.24) is 39.8 Å². The number of hydrogen-bond donors (Lipinski definition) is 2. The average Bonchev–Trinajstić information content (AvgIpc) is 3.70. The van der Waals surface area contributed by atoms with Gasteiger partial charge in [0.1, 0.15) is 23.5 Å². The van der Waals surface area contributed by atoms with Gasteiger partial charge >= 0.3 is 0 Å². The van der Waals surface area contributed by atoms with E-state index in [1.807, 2.05) is 30.1 Å². The Morgan fingerprint density at radius 2 is 1.71 bits per heavy atom. The molecule has 4 amide bonds. The zero-order chi connectivity index (χ0) is 39.2. The first-order chi connectivity index (χ1) is 27.0. The highest BCUT2D eigenvalue weighted by molar-refractivity contribution is 6.23. The fourth-order valence-electron chi connectivity index (χ4n) is 8.30. The van der Waals surface area contributed by atoms with E-state index < -0.39 is 35.5 Å². The molecule has 4 aromatic rings. The van der Waals surface area contributed by atoms with Crippen LogP contribution >= 0.6 is 0 Å². The largest absolute Gasteiger partial charge is 0.381 e. The van der Waals surface area contributed by atoms with Gasteiger partial charge in [-0.1, -0.05) is 6.07 Å². The summed E-state index contributed by atoms with van der Waals surface area (Å²) in [6.45, 7) is 7.56. The Hall–Kier alpha value is -5.55. The standard InChI is InChI=1S/C39H46FN11O5/c1-22(2)51-29-19-31(43-30-9-14-41-39(44-30)49-17-12-25(56-4)13-18-49)42-20-27(29)35(46-51)48-15-10-24(11-16-48)47(3)21-23-5-6-26-33(34(23)40)38(55)50(37(26)54)28-7-8-32(52)45-36(28)53/h5-6,9,14,19-20,22,24-25,28H,7-8,10-13,15-18,21H2,1-4H3,(H,45,52,53)(H,41,42,43,44). The van der Waals surface area contributed by atoms with Crippen molar-refractivity contribution in [2.45, 2.75) is 83.1 Å². The number of carbonyl (C=O) groups is 4. The van der Waals surface area contributed by atoms with Crippen LogP contribution in [-0.2, 0) is 20.9 Å². The predicted molar refractivity (Wildman–Crippen MR) is 205 cm³/mol. The molecule has 1 atom stereocenters. The van der Waals surface area contributed by atoms with Gasteiger partial charge in [0.2, 0.25) is 17.8 Å². The van der Waals surface area contributed by atoms with Gasteiger partial charge in [-0.05, 0) is 65.1 Å². The molecule has 8 rings (SSSR count). The summed E-state index contributed by atoms with van der Waals surface area (Å²) in [6.07, 6.45) is 7.36. The summed E-state index contributed by atoms with van der Waals surface area (Å²) < 4.78 is 23.5. The highest BCUT2D eigenvalue weighted by Crippen LogP contribution is 2.34. The lowest BCUT2D eigenvalue weighted by Crippen LogP contribution is -2.54. The first-order valence-electron chi connectivity index (χ1n) is 19.2. The van der Waals surface area contributed by atoms with Gasteiger partial charge in [0.25, 0.3) is 11.8 Å². The number of aromatic nitrogens is 5. The van der Waals surface area contributed by atoms with Gasteiger partial charge in [-0.15, -0.1) is 0 Å². The Morgan fingerprint density at radius 1 is 0.964 bits per heavy atom. The van der Waals surface area contributed by atoms with Crippen LogP contribution in [0.5, 0.6) is 0 Å². The Labute approximate surface area is 323 Å². The molecule has 4 aliphatic rings. The molecule has 294 valence electrons. The van der Waals surface area contributed by atoms with E-state index in [-0.39, 0.29) is 48.7 Å². The van der Waals surface area contributed by atoms with Crippen LogP contribution in [0, 0.1) is 5.82 Å². The molecule has 7 heterocycles. The molecule has 2 N–H and O–H groups in total. The molecule has 56 heavy (non-hydrogen) atoms. The number of fused-ring (bicyclic) bond motifs is 2. The first-order valence-corrected chi connectivity index (χ1v) is 19.2. The molecule has 3 aromatic heterocycles. The van der Waals surface area contributed by atoms with Crippen molar-refractivity contribution >= 4 is 57.9 Å². The molecule has 0 aliphatic carbocycles. The molecule has 0 spiro atoms. The predicted octanol–water partition coefficient (Wildman–Crippen LogP) is 3.80. The van der Waals surface area contributed by atoms with E-state index in [9.17, 15) is 19.2 Å². The van der Waals surface area contributed by atoms with E-state index in [4.69, 9.17) is 19.8 Å². The van der Waals surface area contributed by atoms with Crippen molar-refractivity contribution in [3.05, 3.63) is 59.2 Å². The second-order valence-corrected chi connectivity index (χ2v) is 15.3. The van der Waals surface area contributed by atoms with Gasteiger partial charge in [0.15, 0.2) is 5.82 Å². The van der Waals surface area contributed by atoms with Crippen molar-refractivity contribution in [3.8, 4) is 0 Å². The number of methoxy groups -OCH3 is 1. The molecule has 3 fully saturated rings. The van der Waals surface area contributed by atoms with Crippen molar-refractivity contribution < 1.29 is 28.3 Å². The number of anilines is 4. The maximum atomic E-state index is 16.0. The minimum atomic E-state index is -1.15. The van der Waals surface area contributed by atoms with Crippen molar-refractivity contribution in [2.24, 2.45) is 0 Å². The molecular formula is C39H46FN11O5. The van der Waals surface area contributed by atoms with Crippen LogP contribution in [0.25, 0.3) is 10.9 Å². The van der Waals surface area contributed by atoms with Crippen molar-refractivity contribution in [2.75, 3.05) is 55.5 Å². The summed E-state index contributed by atoms with van der Waals surface area (Å²) >= 11 is 0. The Balaban J connectivity index is 0.926. The van der Waals surface area contributed by atoms with Gasteiger partial charge in [-0.2, -0.15) is 10.1 Å². The maximum Gasteiger partial charge on any atom is 0.265 e. The minimum absolute atomic E-state index is 0.00591. The third kappa shape index (κ3) is 6.93. The number of pyridine rings is 1. The topological polar surface area (TPSA) is 171 Å². The zero-order valence-electron chi connectivity index (χ0n) is 32.0. The number of rotatable bonds is 10. The van der Waals surface area contributed by atoms with Gasteiger partial charge in [0.05, 0.1) is 28.1 Å². The maximum absolute atomic E-state index is 16.0. The third-order valence-electron chi connectivity index (χ3n) is 11.5. The number of piperidine rings is 3. The van der Waals surface area contributed by atoms with Gasteiger partial charge in [-0.3, -0.25) is 39.0 Å². The number of nitrogens with zero attached hydrogens (tertiary/aromatic N) is 9. The first kappa shape index (κ1) is 37.4. The Kier molecular flexibility index (Phi) is 10.1. The highest BCUT2D eigenvalue weighted by Gasteiger charge is 2.46.